The molecule has 1 unspecified atom stereocenters. The quantitative estimate of drug-likeness (QED) is 0.592. The van der Waals surface area contributed by atoms with Gasteiger partial charge in [-0.1, -0.05) is 5.16 Å². The van der Waals surface area contributed by atoms with Crippen molar-refractivity contribution in [3.63, 3.8) is 0 Å². The summed E-state index contributed by atoms with van der Waals surface area (Å²) in [5.41, 5.74) is -0.0826. The van der Waals surface area contributed by atoms with Gasteiger partial charge in [-0.15, -0.1) is 0 Å². The molecule has 0 aliphatic rings. The van der Waals surface area contributed by atoms with E-state index in [2.05, 4.69) is 10.5 Å². The van der Waals surface area contributed by atoms with Crippen LogP contribution in [0.2, 0.25) is 0 Å². The third-order valence-corrected chi connectivity index (χ3v) is 2.05. The minimum atomic E-state index is -1.09. The molecular formula is C10H16N2O4. The molecule has 1 aromatic heterocycles. The van der Waals surface area contributed by atoms with Crippen molar-refractivity contribution < 1.29 is 19.5 Å². The highest BCUT2D eigenvalue weighted by Gasteiger charge is 2.09. The van der Waals surface area contributed by atoms with Gasteiger partial charge in [0.15, 0.2) is 11.5 Å². The van der Waals surface area contributed by atoms with Gasteiger partial charge in [-0.05, 0) is 26.3 Å². The van der Waals surface area contributed by atoms with E-state index in [-0.39, 0.29) is 11.8 Å². The van der Waals surface area contributed by atoms with Crippen molar-refractivity contribution in [2.75, 3.05) is 6.54 Å². The molecule has 6 heteroatoms. The molecular weight excluding hydrogens is 212 g/mol. The number of aliphatic hydroxyl groups excluding tert-OH is 1. The molecule has 1 heterocycles. The molecule has 0 bridgehead atoms. The number of aromatic carboxylic acids is 1. The fraction of sp³-hybridized carbons (Fsp3) is 0.600. The molecule has 1 atom stereocenters. The maximum atomic E-state index is 10.5. The van der Waals surface area contributed by atoms with E-state index in [4.69, 9.17) is 14.7 Å². The number of hydrogen-bond acceptors (Lipinski definition) is 5. The van der Waals surface area contributed by atoms with Crippen molar-refractivity contribution >= 4 is 5.97 Å². The van der Waals surface area contributed by atoms with Gasteiger partial charge in [0, 0.05) is 6.07 Å². The van der Waals surface area contributed by atoms with Crippen LogP contribution in [-0.2, 0) is 6.54 Å². The molecule has 0 spiro atoms. The Balaban J connectivity index is 2.19. The molecule has 90 valence electrons. The summed E-state index contributed by atoms with van der Waals surface area (Å²) in [5.74, 6) is -0.599. The number of nitrogens with zero attached hydrogens (tertiary/aromatic N) is 1. The average Bonchev–Trinajstić information content (AvgIpc) is 2.65. The van der Waals surface area contributed by atoms with Crippen LogP contribution in [0.3, 0.4) is 0 Å². The van der Waals surface area contributed by atoms with E-state index in [1.54, 1.807) is 6.92 Å². The van der Waals surface area contributed by atoms with E-state index >= 15 is 0 Å². The zero-order valence-corrected chi connectivity index (χ0v) is 9.14. The lowest BCUT2D eigenvalue weighted by Gasteiger charge is -2.03. The summed E-state index contributed by atoms with van der Waals surface area (Å²) in [6.07, 6.45) is 1.31. The van der Waals surface area contributed by atoms with E-state index in [0.717, 1.165) is 19.4 Å². The summed E-state index contributed by atoms with van der Waals surface area (Å²) in [6, 6.07) is 1.39. The smallest absolute Gasteiger partial charge is 0.358 e. The predicted molar refractivity (Wildman–Crippen MR) is 56.1 cm³/mol. The molecule has 1 rings (SSSR count). The Bertz CT molecular complexity index is 335. The van der Waals surface area contributed by atoms with Crippen LogP contribution in [0.15, 0.2) is 10.6 Å². The molecule has 3 N–H and O–H groups in total. The van der Waals surface area contributed by atoms with Crippen LogP contribution in [-0.4, -0.2) is 34.0 Å². The van der Waals surface area contributed by atoms with Crippen molar-refractivity contribution in [1.29, 1.82) is 0 Å². The number of nitrogens with one attached hydrogen (secondary N) is 1. The number of rotatable bonds is 7. The number of carboxylic acids is 1. The van der Waals surface area contributed by atoms with E-state index in [1.807, 2.05) is 0 Å². The molecule has 0 aliphatic heterocycles. The third-order valence-electron chi connectivity index (χ3n) is 2.05. The lowest BCUT2D eigenvalue weighted by Crippen LogP contribution is -2.15. The molecule has 0 amide bonds. The molecule has 0 saturated carbocycles. The Kier molecular flexibility index (Phi) is 4.94. The number of hydrogen-bond donors (Lipinski definition) is 3. The van der Waals surface area contributed by atoms with Crippen LogP contribution in [0.1, 0.15) is 36.0 Å². The van der Waals surface area contributed by atoms with Gasteiger partial charge in [0.2, 0.25) is 0 Å². The Morgan fingerprint density at radius 1 is 1.69 bits per heavy atom. The highest BCUT2D eigenvalue weighted by Crippen LogP contribution is 2.03. The van der Waals surface area contributed by atoms with E-state index in [1.165, 1.54) is 6.07 Å². The molecule has 6 nitrogen and oxygen atoms in total. The standard InChI is InChI=1S/C10H16N2O4/c1-7(13)3-2-4-11-6-8-5-9(10(14)15)12-16-8/h5,7,11,13H,2-4,6H2,1H3,(H,14,15). The monoisotopic (exact) mass is 228 g/mol. The second kappa shape index (κ2) is 6.24. The average molecular weight is 228 g/mol. The summed E-state index contributed by atoms with van der Waals surface area (Å²) < 4.78 is 4.81. The molecule has 1 aromatic rings. The van der Waals surface area contributed by atoms with Gasteiger partial charge in [-0.25, -0.2) is 4.79 Å². The first kappa shape index (κ1) is 12.7. The van der Waals surface area contributed by atoms with Crippen LogP contribution in [0, 0.1) is 0 Å². The number of aromatic nitrogens is 1. The molecule has 0 radical (unpaired) electrons. The van der Waals surface area contributed by atoms with Crippen LogP contribution >= 0.6 is 0 Å². The van der Waals surface area contributed by atoms with Gasteiger partial charge < -0.3 is 20.1 Å². The van der Waals surface area contributed by atoms with Crippen molar-refractivity contribution in [2.45, 2.75) is 32.4 Å². The van der Waals surface area contributed by atoms with E-state index in [0.29, 0.717) is 12.3 Å². The topological polar surface area (TPSA) is 95.6 Å². The largest absolute Gasteiger partial charge is 0.476 e. The Hall–Kier alpha value is -1.40. The third kappa shape index (κ3) is 4.41. The minimum absolute atomic E-state index is 0.0826. The zero-order valence-electron chi connectivity index (χ0n) is 9.14. The summed E-state index contributed by atoms with van der Waals surface area (Å²) in [5, 5.41) is 24.1. The Morgan fingerprint density at radius 2 is 2.44 bits per heavy atom. The first-order valence-corrected chi connectivity index (χ1v) is 5.17. The van der Waals surface area contributed by atoms with Crippen molar-refractivity contribution in [1.82, 2.24) is 10.5 Å². The van der Waals surface area contributed by atoms with Gasteiger partial charge in [0.25, 0.3) is 0 Å². The van der Waals surface area contributed by atoms with Crippen molar-refractivity contribution in [3.05, 3.63) is 17.5 Å². The van der Waals surface area contributed by atoms with Crippen LogP contribution in [0.25, 0.3) is 0 Å². The first-order chi connectivity index (χ1) is 7.59. The highest BCUT2D eigenvalue weighted by molar-refractivity contribution is 5.85. The number of carbonyl (C=O) groups is 1. The van der Waals surface area contributed by atoms with Crippen LogP contribution in [0.5, 0.6) is 0 Å². The zero-order chi connectivity index (χ0) is 12.0. The van der Waals surface area contributed by atoms with Gasteiger partial charge >= 0.3 is 5.97 Å². The second-order valence-electron chi connectivity index (χ2n) is 3.65. The lowest BCUT2D eigenvalue weighted by atomic mass is 10.2. The van der Waals surface area contributed by atoms with Gasteiger partial charge in [0.1, 0.15) is 0 Å². The molecule has 0 saturated heterocycles. The Morgan fingerprint density at radius 3 is 3.00 bits per heavy atom. The summed E-state index contributed by atoms with van der Waals surface area (Å²) >= 11 is 0. The predicted octanol–water partition coefficient (Wildman–Crippen LogP) is 0.623. The van der Waals surface area contributed by atoms with Gasteiger partial charge in [0.05, 0.1) is 12.6 Å². The summed E-state index contributed by atoms with van der Waals surface area (Å²) in [4.78, 5) is 10.5. The maximum Gasteiger partial charge on any atom is 0.358 e. The number of carboxylic acid groups (broad SMARTS) is 1. The van der Waals surface area contributed by atoms with Crippen LogP contribution < -0.4 is 5.32 Å². The molecule has 0 aliphatic carbocycles. The van der Waals surface area contributed by atoms with Gasteiger partial charge in [-0.3, -0.25) is 0 Å². The van der Waals surface area contributed by atoms with Crippen molar-refractivity contribution in [3.8, 4) is 0 Å². The Labute approximate surface area is 93.3 Å². The fourth-order valence-electron chi connectivity index (χ4n) is 1.23. The summed E-state index contributed by atoms with van der Waals surface area (Å²) in [6.45, 7) is 2.93. The molecule has 16 heavy (non-hydrogen) atoms. The van der Waals surface area contributed by atoms with E-state index < -0.39 is 5.97 Å². The highest BCUT2D eigenvalue weighted by atomic mass is 16.5. The van der Waals surface area contributed by atoms with Crippen molar-refractivity contribution in [2.24, 2.45) is 0 Å². The van der Waals surface area contributed by atoms with Crippen LogP contribution in [0.4, 0.5) is 0 Å². The van der Waals surface area contributed by atoms with E-state index in [9.17, 15) is 4.79 Å². The van der Waals surface area contributed by atoms with Gasteiger partial charge in [-0.2, -0.15) is 0 Å². The normalized spacial score (nSPS) is 12.6. The first-order valence-electron chi connectivity index (χ1n) is 5.17. The number of aliphatic hydroxyl groups is 1. The lowest BCUT2D eigenvalue weighted by molar-refractivity contribution is 0.0685. The molecule has 0 fully saturated rings. The maximum absolute atomic E-state index is 10.5. The molecule has 0 aromatic carbocycles. The SMILES string of the molecule is CC(O)CCCNCc1cc(C(=O)O)no1. The fourth-order valence-corrected chi connectivity index (χ4v) is 1.23. The summed E-state index contributed by atoms with van der Waals surface area (Å²) in [7, 11) is 0. The minimum Gasteiger partial charge on any atom is -0.476 e. The second-order valence-corrected chi connectivity index (χ2v) is 3.65.